The fourth-order valence-electron chi connectivity index (χ4n) is 1.94. The minimum Gasteiger partial charge on any atom is -0.0924 e. The van der Waals surface area contributed by atoms with E-state index in [-0.39, 0.29) is 0 Å². The van der Waals surface area contributed by atoms with Crippen LogP contribution in [-0.4, -0.2) is 5.33 Å². The van der Waals surface area contributed by atoms with Gasteiger partial charge in [0, 0.05) is 5.33 Å². The van der Waals surface area contributed by atoms with Gasteiger partial charge in [-0.3, -0.25) is 0 Å². The molecule has 1 aromatic rings. The van der Waals surface area contributed by atoms with Crippen molar-refractivity contribution in [3.8, 4) is 0 Å². The SMILES string of the molecule is Cc1cccc(C2CC2)c1CCBr. The number of aryl methyl sites for hydroxylation is 1. The Balaban J connectivity index is 2.35. The first-order chi connectivity index (χ1) is 6.33. The van der Waals surface area contributed by atoms with E-state index in [1.165, 1.54) is 24.8 Å². The van der Waals surface area contributed by atoms with E-state index in [1.54, 1.807) is 11.1 Å². The maximum absolute atomic E-state index is 3.52. The van der Waals surface area contributed by atoms with E-state index in [1.807, 2.05) is 0 Å². The number of halogens is 1. The van der Waals surface area contributed by atoms with E-state index in [9.17, 15) is 0 Å². The van der Waals surface area contributed by atoms with Gasteiger partial charge in [-0.1, -0.05) is 34.1 Å². The van der Waals surface area contributed by atoms with Gasteiger partial charge in [-0.15, -0.1) is 0 Å². The molecule has 0 heterocycles. The minimum absolute atomic E-state index is 0.883. The zero-order valence-corrected chi connectivity index (χ0v) is 9.60. The molecule has 13 heavy (non-hydrogen) atoms. The van der Waals surface area contributed by atoms with Crippen molar-refractivity contribution in [2.75, 3.05) is 5.33 Å². The maximum atomic E-state index is 3.52. The Kier molecular flexibility index (Phi) is 2.73. The van der Waals surface area contributed by atoms with Crippen LogP contribution in [0.1, 0.15) is 35.4 Å². The Labute approximate surface area is 88.5 Å². The topological polar surface area (TPSA) is 0 Å². The Morgan fingerprint density at radius 2 is 2.15 bits per heavy atom. The van der Waals surface area contributed by atoms with Crippen molar-refractivity contribution in [3.05, 3.63) is 34.9 Å². The van der Waals surface area contributed by atoms with Crippen molar-refractivity contribution in [2.45, 2.75) is 32.1 Å². The van der Waals surface area contributed by atoms with Crippen LogP contribution in [0, 0.1) is 6.92 Å². The first-order valence-electron chi connectivity index (χ1n) is 4.97. The van der Waals surface area contributed by atoms with Crippen LogP contribution >= 0.6 is 15.9 Å². The first kappa shape index (κ1) is 9.26. The van der Waals surface area contributed by atoms with Gasteiger partial charge in [0.1, 0.15) is 0 Å². The Morgan fingerprint density at radius 1 is 1.38 bits per heavy atom. The summed E-state index contributed by atoms with van der Waals surface area (Å²) in [7, 11) is 0. The smallest absolute Gasteiger partial charge is 0.00720 e. The molecule has 0 radical (unpaired) electrons. The molecular formula is C12H15Br. The summed E-state index contributed by atoms with van der Waals surface area (Å²) in [6.07, 6.45) is 3.98. The minimum atomic E-state index is 0.883. The molecule has 1 fully saturated rings. The Bertz CT molecular complexity index is 300. The predicted octanol–water partition coefficient (Wildman–Crippen LogP) is 3.81. The number of rotatable bonds is 3. The fraction of sp³-hybridized carbons (Fsp3) is 0.500. The van der Waals surface area contributed by atoms with Gasteiger partial charge in [0.2, 0.25) is 0 Å². The molecule has 0 amide bonds. The monoisotopic (exact) mass is 238 g/mol. The van der Waals surface area contributed by atoms with E-state index in [4.69, 9.17) is 0 Å². The molecule has 0 unspecified atom stereocenters. The van der Waals surface area contributed by atoms with Gasteiger partial charge in [0.05, 0.1) is 0 Å². The van der Waals surface area contributed by atoms with Crippen molar-refractivity contribution < 1.29 is 0 Å². The van der Waals surface area contributed by atoms with E-state index in [2.05, 4.69) is 41.1 Å². The molecule has 0 atom stereocenters. The van der Waals surface area contributed by atoms with Crippen molar-refractivity contribution in [3.63, 3.8) is 0 Å². The molecular weight excluding hydrogens is 224 g/mol. The second-order valence-electron chi connectivity index (χ2n) is 3.86. The fourth-order valence-corrected chi connectivity index (χ4v) is 2.33. The molecule has 70 valence electrons. The number of hydrogen-bond acceptors (Lipinski definition) is 0. The van der Waals surface area contributed by atoms with Gasteiger partial charge in [0.15, 0.2) is 0 Å². The zero-order valence-electron chi connectivity index (χ0n) is 8.02. The Hall–Kier alpha value is -0.300. The lowest BCUT2D eigenvalue weighted by Crippen LogP contribution is -1.96. The van der Waals surface area contributed by atoms with Crippen molar-refractivity contribution >= 4 is 15.9 Å². The molecule has 0 spiro atoms. The van der Waals surface area contributed by atoms with Gasteiger partial charge in [-0.25, -0.2) is 0 Å². The summed E-state index contributed by atoms with van der Waals surface area (Å²) in [5, 5.41) is 1.08. The summed E-state index contributed by atoms with van der Waals surface area (Å²) in [6.45, 7) is 2.23. The van der Waals surface area contributed by atoms with Crippen LogP contribution in [0.5, 0.6) is 0 Å². The highest BCUT2D eigenvalue weighted by atomic mass is 79.9. The lowest BCUT2D eigenvalue weighted by Gasteiger charge is -2.10. The number of hydrogen-bond donors (Lipinski definition) is 0. The molecule has 1 saturated carbocycles. The zero-order chi connectivity index (χ0) is 9.26. The third kappa shape index (κ3) is 1.96. The van der Waals surface area contributed by atoms with E-state index in [0.717, 1.165) is 11.2 Å². The van der Waals surface area contributed by atoms with Gasteiger partial charge in [-0.05, 0) is 48.8 Å². The summed E-state index contributed by atoms with van der Waals surface area (Å²) in [5.41, 5.74) is 4.66. The second-order valence-corrected chi connectivity index (χ2v) is 4.65. The predicted molar refractivity (Wildman–Crippen MR) is 60.7 cm³/mol. The molecule has 1 heteroatoms. The van der Waals surface area contributed by atoms with Crippen LogP contribution in [0.3, 0.4) is 0 Å². The van der Waals surface area contributed by atoms with Crippen LogP contribution in [0.2, 0.25) is 0 Å². The molecule has 0 aromatic heterocycles. The van der Waals surface area contributed by atoms with Crippen molar-refractivity contribution in [1.82, 2.24) is 0 Å². The summed E-state index contributed by atoms with van der Waals surface area (Å²) >= 11 is 3.52. The molecule has 1 aliphatic carbocycles. The first-order valence-corrected chi connectivity index (χ1v) is 6.09. The summed E-state index contributed by atoms with van der Waals surface area (Å²) in [5.74, 6) is 0.883. The standard InChI is InChI=1S/C12H15Br/c1-9-3-2-4-12(10-5-6-10)11(9)7-8-13/h2-4,10H,5-8H2,1H3. The van der Waals surface area contributed by atoms with Gasteiger partial charge in [0.25, 0.3) is 0 Å². The molecule has 2 rings (SSSR count). The summed E-state index contributed by atoms with van der Waals surface area (Å²) in [4.78, 5) is 0. The highest BCUT2D eigenvalue weighted by Crippen LogP contribution is 2.42. The van der Waals surface area contributed by atoms with Crippen LogP contribution in [0.4, 0.5) is 0 Å². The Morgan fingerprint density at radius 3 is 2.77 bits per heavy atom. The van der Waals surface area contributed by atoms with E-state index >= 15 is 0 Å². The van der Waals surface area contributed by atoms with Gasteiger partial charge >= 0.3 is 0 Å². The van der Waals surface area contributed by atoms with Gasteiger partial charge in [-0.2, -0.15) is 0 Å². The summed E-state index contributed by atoms with van der Waals surface area (Å²) in [6, 6.07) is 6.73. The lowest BCUT2D eigenvalue weighted by atomic mass is 9.97. The quantitative estimate of drug-likeness (QED) is 0.703. The molecule has 0 bridgehead atoms. The molecule has 1 aliphatic rings. The van der Waals surface area contributed by atoms with Crippen molar-refractivity contribution in [1.29, 1.82) is 0 Å². The van der Waals surface area contributed by atoms with Crippen LogP contribution in [0.25, 0.3) is 0 Å². The highest BCUT2D eigenvalue weighted by molar-refractivity contribution is 9.09. The third-order valence-electron chi connectivity index (χ3n) is 2.81. The molecule has 0 aliphatic heterocycles. The van der Waals surface area contributed by atoms with Crippen LogP contribution < -0.4 is 0 Å². The van der Waals surface area contributed by atoms with E-state index < -0.39 is 0 Å². The molecule has 0 saturated heterocycles. The van der Waals surface area contributed by atoms with Crippen LogP contribution in [-0.2, 0) is 6.42 Å². The second kappa shape index (κ2) is 3.83. The average Bonchev–Trinajstić information content (AvgIpc) is 2.92. The normalized spacial score (nSPS) is 16.2. The van der Waals surface area contributed by atoms with Gasteiger partial charge < -0.3 is 0 Å². The van der Waals surface area contributed by atoms with Crippen LogP contribution in [0.15, 0.2) is 18.2 Å². The maximum Gasteiger partial charge on any atom is 0.00720 e. The molecule has 0 nitrogen and oxygen atoms in total. The molecule has 0 N–H and O–H groups in total. The number of alkyl halides is 1. The average molecular weight is 239 g/mol. The lowest BCUT2D eigenvalue weighted by molar-refractivity contribution is 1.02. The third-order valence-corrected chi connectivity index (χ3v) is 3.20. The molecule has 1 aromatic carbocycles. The van der Waals surface area contributed by atoms with Crippen molar-refractivity contribution in [2.24, 2.45) is 0 Å². The number of benzene rings is 1. The summed E-state index contributed by atoms with van der Waals surface area (Å²) < 4.78 is 0. The van der Waals surface area contributed by atoms with E-state index in [0.29, 0.717) is 0 Å². The largest absolute Gasteiger partial charge is 0.0924 e. The highest BCUT2D eigenvalue weighted by Gasteiger charge is 2.25.